The van der Waals surface area contributed by atoms with Crippen LogP contribution >= 0.6 is 0 Å². The molecule has 0 unspecified atom stereocenters. The lowest BCUT2D eigenvalue weighted by atomic mass is 10.3. The fraction of sp³-hybridized carbons (Fsp3) is 0.333. The van der Waals surface area contributed by atoms with Crippen LogP contribution in [0.3, 0.4) is 0 Å². The Morgan fingerprint density at radius 2 is 2.00 bits per heavy atom. The third kappa shape index (κ3) is 3.13. The van der Waals surface area contributed by atoms with E-state index in [1.807, 2.05) is 50.2 Å². The van der Waals surface area contributed by atoms with Crippen molar-refractivity contribution in [3.8, 4) is 0 Å². The maximum absolute atomic E-state index is 3.69. The van der Waals surface area contributed by atoms with Crippen LogP contribution < -0.4 is 0 Å². The number of hydrogen-bond acceptors (Lipinski definition) is 1. The van der Waals surface area contributed by atoms with E-state index >= 15 is 0 Å². The van der Waals surface area contributed by atoms with Crippen LogP contribution in [-0.2, 0) is 0 Å². The van der Waals surface area contributed by atoms with Crippen molar-refractivity contribution in [2.45, 2.75) is 6.92 Å². The molecule has 0 N–H and O–H groups in total. The van der Waals surface area contributed by atoms with Crippen LogP contribution in [0.2, 0.25) is 0 Å². The second-order valence-corrected chi connectivity index (χ2v) is 2.22. The van der Waals surface area contributed by atoms with Crippen LogP contribution in [0.1, 0.15) is 6.92 Å². The van der Waals surface area contributed by atoms with Gasteiger partial charge in [0.2, 0.25) is 0 Å². The highest BCUT2D eigenvalue weighted by molar-refractivity contribution is 5.19. The summed E-state index contributed by atoms with van der Waals surface area (Å²) >= 11 is 0. The molecular formula is C9H15N. The van der Waals surface area contributed by atoms with Crippen molar-refractivity contribution in [3.63, 3.8) is 0 Å². The van der Waals surface area contributed by atoms with E-state index in [4.69, 9.17) is 0 Å². The van der Waals surface area contributed by atoms with Crippen LogP contribution in [-0.4, -0.2) is 19.0 Å². The molecule has 0 radical (unpaired) electrons. The van der Waals surface area contributed by atoms with Crippen LogP contribution in [0, 0.1) is 0 Å². The molecule has 10 heavy (non-hydrogen) atoms. The van der Waals surface area contributed by atoms with Crippen molar-refractivity contribution in [1.82, 2.24) is 4.90 Å². The number of rotatable bonds is 3. The molecule has 0 spiro atoms. The van der Waals surface area contributed by atoms with Gasteiger partial charge in [0, 0.05) is 19.8 Å². The molecule has 0 heterocycles. The van der Waals surface area contributed by atoms with E-state index in [1.165, 1.54) is 0 Å². The Morgan fingerprint density at radius 3 is 2.30 bits per heavy atom. The summed E-state index contributed by atoms with van der Waals surface area (Å²) in [6.07, 6.45) is 7.84. The van der Waals surface area contributed by atoms with Gasteiger partial charge in [-0.15, -0.1) is 0 Å². The van der Waals surface area contributed by atoms with Crippen molar-refractivity contribution < 1.29 is 0 Å². The summed E-state index contributed by atoms with van der Waals surface area (Å²) in [5.74, 6) is 0. The first-order valence-corrected chi connectivity index (χ1v) is 3.35. The number of likely N-dealkylation sites (N-methyl/N-ethyl adjacent to an activating group) is 1. The third-order valence-electron chi connectivity index (χ3n) is 1.18. The quantitative estimate of drug-likeness (QED) is 0.539. The summed E-state index contributed by atoms with van der Waals surface area (Å²) in [5.41, 5.74) is 1.12. The normalized spacial score (nSPS) is 12.1. The molecule has 0 aliphatic heterocycles. The Kier molecular flexibility index (Phi) is 4.38. The minimum atomic E-state index is 1.12. The van der Waals surface area contributed by atoms with Gasteiger partial charge in [-0.1, -0.05) is 18.7 Å². The molecule has 0 atom stereocenters. The standard InChI is InChI=1S/C9H15N/c1-5-7-8-9(6-2)10(3)4/h5-8H,2H2,1,3-4H3/b7-5-,9-8+. The zero-order valence-corrected chi connectivity index (χ0v) is 6.96. The molecule has 1 heteroatoms. The lowest BCUT2D eigenvalue weighted by Crippen LogP contribution is -2.08. The Labute approximate surface area is 63.3 Å². The van der Waals surface area contributed by atoms with Gasteiger partial charge in [-0.3, -0.25) is 0 Å². The van der Waals surface area contributed by atoms with Gasteiger partial charge in [-0.05, 0) is 19.1 Å². The predicted octanol–water partition coefficient (Wildman–Crippen LogP) is 2.19. The SMILES string of the molecule is C=C/C(=C\C=C/C)N(C)C. The predicted molar refractivity (Wildman–Crippen MR) is 46.8 cm³/mol. The Balaban J connectivity index is 4.18. The molecule has 0 rings (SSSR count). The highest BCUT2D eigenvalue weighted by atomic mass is 15.1. The van der Waals surface area contributed by atoms with Gasteiger partial charge in [0.25, 0.3) is 0 Å². The summed E-state index contributed by atoms with van der Waals surface area (Å²) in [7, 11) is 3.99. The van der Waals surface area contributed by atoms with E-state index in [1.54, 1.807) is 0 Å². The van der Waals surface area contributed by atoms with Gasteiger partial charge in [-0.2, -0.15) is 0 Å². The van der Waals surface area contributed by atoms with E-state index < -0.39 is 0 Å². The molecule has 0 bridgehead atoms. The molecule has 0 aliphatic rings. The summed E-state index contributed by atoms with van der Waals surface area (Å²) in [4.78, 5) is 2.02. The van der Waals surface area contributed by atoms with Crippen LogP contribution in [0.4, 0.5) is 0 Å². The zero-order valence-electron chi connectivity index (χ0n) is 6.96. The fourth-order valence-electron chi connectivity index (χ4n) is 0.595. The van der Waals surface area contributed by atoms with E-state index in [0.29, 0.717) is 0 Å². The van der Waals surface area contributed by atoms with Crippen molar-refractivity contribution >= 4 is 0 Å². The van der Waals surface area contributed by atoms with E-state index in [-0.39, 0.29) is 0 Å². The van der Waals surface area contributed by atoms with Gasteiger partial charge in [0.15, 0.2) is 0 Å². The molecule has 1 nitrogen and oxygen atoms in total. The largest absolute Gasteiger partial charge is 0.378 e. The van der Waals surface area contributed by atoms with Gasteiger partial charge >= 0.3 is 0 Å². The van der Waals surface area contributed by atoms with E-state index in [0.717, 1.165) is 5.70 Å². The molecule has 0 aromatic rings. The van der Waals surface area contributed by atoms with E-state index in [9.17, 15) is 0 Å². The number of allylic oxidation sites excluding steroid dienone is 4. The molecule has 0 fully saturated rings. The van der Waals surface area contributed by atoms with Crippen molar-refractivity contribution in [1.29, 1.82) is 0 Å². The smallest absolute Gasteiger partial charge is 0.0354 e. The molecule has 0 saturated carbocycles. The minimum Gasteiger partial charge on any atom is -0.378 e. The van der Waals surface area contributed by atoms with Gasteiger partial charge in [0.05, 0.1) is 0 Å². The summed E-state index contributed by atoms with van der Waals surface area (Å²) in [6.45, 7) is 5.68. The third-order valence-corrected chi connectivity index (χ3v) is 1.18. The fourth-order valence-corrected chi connectivity index (χ4v) is 0.595. The topological polar surface area (TPSA) is 3.24 Å². The average Bonchev–Trinajstić information content (AvgIpc) is 1.89. The molecule has 56 valence electrons. The molecular weight excluding hydrogens is 122 g/mol. The van der Waals surface area contributed by atoms with Gasteiger partial charge < -0.3 is 4.90 Å². The lowest BCUT2D eigenvalue weighted by Gasteiger charge is -2.11. The van der Waals surface area contributed by atoms with Crippen LogP contribution in [0.25, 0.3) is 0 Å². The minimum absolute atomic E-state index is 1.12. The zero-order chi connectivity index (χ0) is 7.98. The van der Waals surface area contributed by atoms with Gasteiger partial charge in [-0.25, -0.2) is 0 Å². The number of hydrogen-bond donors (Lipinski definition) is 0. The van der Waals surface area contributed by atoms with E-state index in [2.05, 4.69) is 6.58 Å². The second kappa shape index (κ2) is 4.86. The first-order chi connectivity index (χ1) is 4.72. The second-order valence-electron chi connectivity index (χ2n) is 2.22. The summed E-state index contributed by atoms with van der Waals surface area (Å²) in [6, 6.07) is 0. The number of nitrogens with zero attached hydrogens (tertiary/aromatic N) is 1. The lowest BCUT2D eigenvalue weighted by molar-refractivity contribution is 0.530. The Hall–Kier alpha value is -0.980. The first-order valence-electron chi connectivity index (χ1n) is 3.35. The molecule has 0 aromatic carbocycles. The summed E-state index contributed by atoms with van der Waals surface area (Å²) < 4.78 is 0. The monoisotopic (exact) mass is 137 g/mol. The Morgan fingerprint density at radius 1 is 1.40 bits per heavy atom. The van der Waals surface area contributed by atoms with Crippen molar-refractivity contribution in [2.75, 3.05) is 14.1 Å². The Bertz CT molecular complexity index is 152. The van der Waals surface area contributed by atoms with Crippen molar-refractivity contribution in [2.24, 2.45) is 0 Å². The maximum Gasteiger partial charge on any atom is 0.0354 e. The highest BCUT2D eigenvalue weighted by Gasteiger charge is 1.88. The van der Waals surface area contributed by atoms with Crippen molar-refractivity contribution in [3.05, 3.63) is 36.6 Å². The average molecular weight is 137 g/mol. The molecule has 0 saturated heterocycles. The molecule has 0 aliphatic carbocycles. The van der Waals surface area contributed by atoms with Crippen LogP contribution in [0.15, 0.2) is 36.6 Å². The van der Waals surface area contributed by atoms with Crippen LogP contribution in [0.5, 0.6) is 0 Å². The van der Waals surface area contributed by atoms with Gasteiger partial charge in [0.1, 0.15) is 0 Å². The highest BCUT2D eigenvalue weighted by Crippen LogP contribution is 1.98. The summed E-state index contributed by atoms with van der Waals surface area (Å²) in [5, 5.41) is 0. The maximum atomic E-state index is 3.69. The first kappa shape index (κ1) is 9.02. The molecule has 0 aromatic heterocycles. The molecule has 0 amide bonds.